The van der Waals surface area contributed by atoms with E-state index in [-0.39, 0.29) is 17.7 Å². The molecule has 3 rings (SSSR count). The molecule has 17 heavy (non-hydrogen) atoms. The molecule has 0 aromatic carbocycles. The number of nitrogens with zero attached hydrogens (tertiary/aromatic N) is 1. The van der Waals surface area contributed by atoms with Crippen LogP contribution < -0.4 is 5.73 Å². The number of likely N-dealkylation sites (tertiary alicyclic amines) is 1. The summed E-state index contributed by atoms with van der Waals surface area (Å²) in [5.41, 5.74) is 6.09. The Bertz CT molecular complexity index is 296. The summed E-state index contributed by atoms with van der Waals surface area (Å²) >= 11 is 1.84. The quantitative estimate of drug-likeness (QED) is 0.790. The molecule has 3 nitrogen and oxygen atoms in total. The summed E-state index contributed by atoms with van der Waals surface area (Å²) < 4.78 is 0. The molecule has 1 amide bonds. The zero-order chi connectivity index (χ0) is 11.1. The number of fused-ring (bicyclic) bond motifs is 1. The first-order valence-electron chi connectivity index (χ1n) is 6.41. The van der Waals surface area contributed by atoms with E-state index in [0.29, 0.717) is 23.8 Å². The van der Waals surface area contributed by atoms with E-state index in [4.69, 9.17) is 5.73 Å². The fraction of sp³-hybridized carbons (Fsp3) is 0.917. The lowest BCUT2D eigenvalue weighted by atomic mass is 9.98. The van der Waals surface area contributed by atoms with E-state index in [1.54, 1.807) is 0 Å². The third-order valence-corrected chi connectivity index (χ3v) is 5.79. The number of rotatable bonds is 1. The number of carbonyl (C=O) groups is 1. The van der Waals surface area contributed by atoms with Gasteiger partial charge in [-0.2, -0.15) is 0 Å². The molecule has 0 aromatic heterocycles. The fourth-order valence-corrected chi connectivity index (χ4v) is 4.71. The largest absolute Gasteiger partial charge is 0.341 e. The molecule has 2 saturated heterocycles. The van der Waals surface area contributed by atoms with Gasteiger partial charge in [0.05, 0.1) is 5.25 Å². The number of nitrogens with two attached hydrogens (primary N) is 1. The van der Waals surface area contributed by atoms with Gasteiger partial charge in [0, 0.05) is 19.1 Å². The van der Waals surface area contributed by atoms with Crippen LogP contribution in [0.3, 0.4) is 0 Å². The summed E-state index contributed by atoms with van der Waals surface area (Å²) in [7, 11) is 0. The van der Waals surface area contributed by atoms with Gasteiger partial charge in [-0.15, -0.1) is 24.2 Å². The summed E-state index contributed by atoms with van der Waals surface area (Å²) in [5.74, 6) is 2.85. The van der Waals surface area contributed by atoms with E-state index in [1.165, 1.54) is 12.8 Å². The van der Waals surface area contributed by atoms with E-state index in [1.807, 2.05) is 11.8 Å². The van der Waals surface area contributed by atoms with Gasteiger partial charge < -0.3 is 10.6 Å². The van der Waals surface area contributed by atoms with Crippen LogP contribution in [0.1, 0.15) is 25.7 Å². The van der Waals surface area contributed by atoms with Crippen LogP contribution >= 0.6 is 24.2 Å². The molecular formula is C12H21ClN2OS. The van der Waals surface area contributed by atoms with Gasteiger partial charge in [-0.1, -0.05) is 0 Å². The first kappa shape index (κ1) is 13.5. The third kappa shape index (κ3) is 2.45. The first-order valence-corrected chi connectivity index (χ1v) is 7.46. The topological polar surface area (TPSA) is 46.3 Å². The number of thioether (sulfide) groups is 1. The summed E-state index contributed by atoms with van der Waals surface area (Å²) in [6.45, 7) is 1.91. The van der Waals surface area contributed by atoms with Gasteiger partial charge in [0.1, 0.15) is 0 Å². The third-order valence-electron chi connectivity index (χ3n) is 4.43. The number of carbonyl (C=O) groups excluding carboxylic acids is 1. The summed E-state index contributed by atoms with van der Waals surface area (Å²) in [5, 5.41) is 0.259. The van der Waals surface area contributed by atoms with Crippen molar-refractivity contribution in [3.63, 3.8) is 0 Å². The van der Waals surface area contributed by atoms with Crippen LogP contribution in [0, 0.1) is 11.8 Å². The lowest BCUT2D eigenvalue weighted by Gasteiger charge is -2.21. The Balaban J connectivity index is 0.00000108. The second-order valence-electron chi connectivity index (χ2n) is 5.41. The highest BCUT2D eigenvalue weighted by Crippen LogP contribution is 2.38. The standard InChI is InChI=1S/C12H20N2OS.ClH/c13-10-4-3-8-6-14(7-9(8)10)12(15)11-2-1-5-16-11;/h8-11H,1-7,13H2;1H. The van der Waals surface area contributed by atoms with Crippen LogP contribution in [0.2, 0.25) is 0 Å². The summed E-state index contributed by atoms with van der Waals surface area (Å²) in [6.07, 6.45) is 4.69. The second-order valence-corrected chi connectivity index (χ2v) is 6.72. The zero-order valence-corrected chi connectivity index (χ0v) is 11.6. The number of hydrogen-bond acceptors (Lipinski definition) is 3. The minimum atomic E-state index is 0. The van der Waals surface area contributed by atoms with Gasteiger partial charge in [-0.3, -0.25) is 4.79 Å². The van der Waals surface area contributed by atoms with E-state index in [9.17, 15) is 4.79 Å². The average molecular weight is 277 g/mol. The first-order chi connectivity index (χ1) is 7.75. The maximum atomic E-state index is 12.2. The van der Waals surface area contributed by atoms with Gasteiger partial charge in [-0.05, 0) is 43.3 Å². The van der Waals surface area contributed by atoms with Gasteiger partial charge >= 0.3 is 0 Å². The van der Waals surface area contributed by atoms with Crippen molar-refractivity contribution in [3.8, 4) is 0 Å². The van der Waals surface area contributed by atoms with Gasteiger partial charge in [0.2, 0.25) is 5.91 Å². The van der Waals surface area contributed by atoms with E-state index in [0.717, 1.165) is 31.7 Å². The van der Waals surface area contributed by atoms with Crippen LogP contribution in [0.5, 0.6) is 0 Å². The maximum Gasteiger partial charge on any atom is 0.235 e. The highest BCUT2D eigenvalue weighted by atomic mass is 35.5. The molecule has 5 heteroatoms. The Morgan fingerprint density at radius 2 is 2.06 bits per heavy atom. The SMILES string of the molecule is Cl.NC1CCC2CN(C(=O)C3CCCS3)CC12. The minimum absolute atomic E-state index is 0. The van der Waals surface area contributed by atoms with Gasteiger partial charge in [0.25, 0.3) is 0 Å². The molecule has 2 aliphatic heterocycles. The van der Waals surface area contributed by atoms with Crippen LogP contribution in [-0.4, -0.2) is 40.9 Å². The molecule has 4 atom stereocenters. The van der Waals surface area contributed by atoms with Crippen molar-refractivity contribution in [2.24, 2.45) is 17.6 Å². The Kier molecular flexibility index (Phi) is 4.26. The molecule has 1 saturated carbocycles. The summed E-state index contributed by atoms with van der Waals surface area (Å²) in [6, 6.07) is 0.346. The van der Waals surface area contributed by atoms with Crippen molar-refractivity contribution < 1.29 is 4.79 Å². The van der Waals surface area contributed by atoms with Crippen LogP contribution in [0.4, 0.5) is 0 Å². The van der Waals surface area contributed by atoms with Crippen molar-refractivity contribution in [3.05, 3.63) is 0 Å². The van der Waals surface area contributed by atoms with Gasteiger partial charge in [-0.25, -0.2) is 0 Å². The van der Waals surface area contributed by atoms with Crippen molar-refractivity contribution in [1.29, 1.82) is 0 Å². The molecule has 98 valence electrons. The fourth-order valence-electron chi connectivity index (χ4n) is 3.46. The predicted octanol–water partition coefficient (Wildman–Crippen LogP) is 1.50. The smallest absolute Gasteiger partial charge is 0.235 e. The Labute approximate surface area is 113 Å². The maximum absolute atomic E-state index is 12.2. The normalized spacial score (nSPS) is 40.2. The zero-order valence-electron chi connectivity index (χ0n) is 10.0. The monoisotopic (exact) mass is 276 g/mol. The average Bonchev–Trinajstić information content (AvgIpc) is 2.96. The molecule has 2 N–H and O–H groups in total. The van der Waals surface area contributed by atoms with Crippen molar-refractivity contribution >= 4 is 30.1 Å². The number of amides is 1. The van der Waals surface area contributed by atoms with Crippen molar-refractivity contribution in [2.75, 3.05) is 18.8 Å². The molecule has 0 spiro atoms. The lowest BCUT2D eigenvalue weighted by Crippen LogP contribution is -2.37. The van der Waals surface area contributed by atoms with Crippen molar-refractivity contribution in [1.82, 2.24) is 4.90 Å². The van der Waals surface area contributed by atoms with E-state index in [2.05, 4.69) is 4.90 Å². The predicted molar refractivity (Wildman–Crippen MR) is 73.5 cm³/mol. The highest BCUT2D eigenvalue weighted by molar-refractivity contribution is 8.00. The number of hydrogen-bond donors (Lipinski definition) is 1. The van der Waals surface area contributed by atoms with E-state index < -0.39 is 0 Å². The van der Waals surface area contributed by atoms with Crippen molar-refractivity contribution in [2.45, 2.75) is 37.0 Å². The molecular weight excluding hydrogens is 256 g/mol. The summed E-state index contributed by atoms with van der Waals surface area (Å²) in [4.78, 5) is 14.3. The number of halogens is 1. The van der Waals surface area contributed by atoms with Crippen LogP contribution in [-0.2, 0) is 4.79 Å². The Hall–Kier alpha value is 0.0700. The molecule has 0 radical (unpaired) electrons. The Morgan fingerprint density at radius 3 is 2.71 bits per heavy atom. The van der Waals surface area contributed by atoms with Gasteiger partial charge in [0.15, 0.2) is 0 Å². The molecule has 3 aliphatic rings. The lowest BCUT2D eigenvalue weighted by molar-refractivity contribution is -0.129. The highest BCUT2D eigenvalue weighted by Gasteiger charge is 2.43. The molecule has 0 aromatic rings. The van der Waals surface area contributed by atoms with E-state index >= 15 is 0 Å². The van der Waals surface area contributed by atoms with Crippen LogP contribution in [0.25, 0.3) is 0 Å². The minimum Gasteiger partial charge on any atom is -0.341 e. The molecule has 2 heterocycles. The Morgan fingerprint density at radius 1 is 1.24 bits per heavy atom. The second kappa shape index (κ2) is 5.37. The molecule has 4 unspecified atom stereocenters. The van der Waals surface area contributed by atoms with Crippen LogP contribution in [0.15, 0.2) is 0 Å². The molecule has 1 aliphatic carbocycles. The molecule has 3 fully saturated rings. The molecule has 0 bridgehead atoms.